The monoisotopic (exact) mass is 327 g/mol. The van der Waals surface area contributed by atoms with Gasteiger partial charge in [0.2, 0.25) is 0 Å². The largest absolute Gasteiger partial charge is 0.438 e. The zero-order valence-electron chi connectivity index (χ0n) is 10.5. The fraction of sp³-hybridized carbons (Fsp3) is 0.364. The van der Waals surface area contributed by atoms with Gasteiger partial charge >= 0.3 is 12.4 Å². The average molecular weight is 327 g/mol. The molecule has 1 N–H and O–H groups in total. The van der Waals surface area contributed by atoms with Crippen molar-refractivity contribution in [2.75, 3.05) is 0 Å². The summed E-state index contributed by atoms with van der Waals surface area (Å²) in [5, 5.41) is 11.6. The summed E-state index contributed by atoms with van der Waals surface area (Å²) < 4.78 is 76.5. The molecule has 0 radical (unpaired) electrons. The number of carbonyl (C=O) groups is 1. The highest BCUT2D eigenvalue weighted by molar-refractivity contribution is 5.99. The van der Waals surface area contributed by atoms with Crippen LogP contribution in [0.25, 0.3) is 0 Å². The number of rotatable bonds is 1. The van der Waals surface area contributed by atoms with Crippen LogP contribution in [0.5, 0.6) is 0 Å². The van der Waals surface area contributed by atoms with Gasteiger partial charge in [0.1, 0.15) is 5.71 Å². The Labute approximate surface area is 118 Å². The van der Waals surface area contributed by atoms with Crippen LogP contribution in [0.1, 0.15) is 16.8 Å². The highest BCUT2D eigenvalue weighted by Crippen LogP contribution is 2.43. The van der Waals surface area contributed by atoms with E-state index in [1.165, 1.54) is 12.3 Å². The number of aromatic nitrogens is 1. The van der Waals surface area contributed by atoms with Gasteiger partial charge in [0.15, 0.2) is 0 Å². The molecule has 2 heterocycles. The Balaban J connectivity index is 2.48. The first-order valence-electron chi connectivity index (χ1n) is 5.65. The highest BCUT2D eigenvalue weighted by atomic mass is 19.4. The Morgan fingerprint density at radius 3 is 2.36 bits per heavy atom. The predicted octanol–water partition coefficient (Wildman–Crippen LogP) is 2.10. The molecule has 1 atom stereocenters. The van der Waals surface area contributed by atoms with E-state index in [1.54, 1.807) is 0 Å². The Morgan fingerprint density at radius 1 is 1.27 bits per heavy atom. The number of hydrogen-bond acceptors (Lipinski definition) is 4. The lowest BCUT2D eigenvalue weighted by atomic mass is 10.1. The lowest BCUT2D eigenvalue weighted by Crippen LogP contribution is -2.56. The molecular formula is C11H7F6N3O2. The van der Waals surface area contributed by atoms with Crippen molar-refractivity contribution >= 4 is 11.6 Å². The van der Waals surface area contributed by atoms with Crippen LogP contribution in [-0.2, 0) is 0 Å². The number of hydrazone groups is 1. The van der Waals surface area contributed by atoms with Crippen LogP contribution in [-0.4, -0.2) is 44.8 Å². The molecule has 1 aromatic heterocycles. The maximum Gasteiger partial charge on any atom is 0.438 e. The number of aliphatic hydroxyl groups is 1. The Hall–Kier alpha value is -2.17. The van der Waals surface area contributed by atoms with Crippen LogP contribution in [0.3, 0.4) is 0 Å². The SMILES string of the molecule is O=C(c1cccnc1)N1N=C(C(F)(F)F)C[C@@]1(O)C(F)(F)F. The summed E-state index contributed by atoms with van der Waals surface area (Å²) in [6, 6.07) is 2.23. The van der Waals surface area contributed by atoms with Crippen molar-refractivity contribution in [1.29, 1.82) is 0 Å². The van der Waals surface area contributed by atoms with E-state index >= 15 is 0 Å². The molecule has 0 spiro atoms. The molecule has 0 unspecified atom stereocenters. The predicted molar refractivity (Wildman–Crippen MR) is 59.5 cm³/mol. The summed E-state index contributed by atoms with van der Waals surface area (Å²) in [6.07, 6.45) is -10.6. The van der Waals surface area contributed by atoms with E-state index in [1.807, 2.05) is 0 Å². The molecule has 1 aliphatic rings. The molecular weight excluding hydrogens is 320 g/mol. The molecule has 22 heavy (non-hydrogen) atoms. The molecule has 0 saturated carbocycles. The number of pyridine rings is 1. The number of nitrogens with zero attached hydrogens (tertiary/aromatic N) is 3. The van der Waals surface area contributed by atoms with Gasteiger partial charge in [-0.15, -0.1) is 0 Å². The van der Waals surface area contributed by atoms with Crippen molar-refractivity contribution in [3.05, 3.63) is 30.1 Å². The van der Waals surface area contributed by atoms with E-state index in [0.29, 0.717) is 0 Å². The molecule has 2 rings (SSSR count). The zero-order chi connectivity index (χ0) is 16.8. The maximum absolute atomic E-state index is 12.9. The molecule has 1 amide bonds. The fourth-order valence-corrected chi connectivity index (χ4v) is 1.75. The van der Waals surface area contributed by atoms with Crippen molar-refractivity contribution in [3.63, 3.8) is 0 Å². The van der Waals surface area contributed by atoms with Crippen LogP contribution >= 0.6 is 0 Å². The van der Waals surface area contributed by atoms with Gasteiger partial charge in [-0.25, -0.2) is 0 Å². The van der Waals surface area contributed by atoms with Gasteiger partial charge in [0.05, 0.1) is 12.0 Å². The molecule has 0 saturated heterocycles. The fourth-order valence-electron chi connectivity index (χ4n) is 1.75. The van der Waals surface area contributed by atoms with Gasteiger partial charge in [0.25, 0.3) is 11.6 Å². The van der Waals surface area contributed by atoms with Gasteiger partial charge < -0.3 is 5.11 Å². The maximum atomic E-state index is 12.9. The number of amides is 1. The molecule has 11 heteroatoms. The average Bonchev–Trinajstić information content (AvgIpc) is 2.78. The Bertz CT molecular complexity index is 612. The van der Waals surface area contributed by atoms with Crippen molar-refractivity contribution in [2.45, 2.75) is 24.5 Å². The lowest BCUT2D eigenvalue weighted by Gasteiger charge is -2.32. The third-order valence-electron chi connectivity index (χ3n) is 2.87. The molecule has 0 bridgehead atoms. The quantitative estimate of drug-likeness (QED) is 0.804. The number of carbonyl (C=O) groups excluding carboxylic acids is 1. The molecule has 1 aliphatic heterocycles. The minimum Gasteiger partial charge on any atom is -0.362 e. The van der Waals surface area contributed by atoms with E-state index in [0.717, 1.165) is 12.3 Å². The number of hydrogen-bond donors (Lipinski definition) is 1. The zero-order valence-corrected chi connectivity index (χ0v) is 10.5. The van der Waals surface area contributed by atoms with Gasteiger partial charge in [-0.2, -0.15) is 36.5 Å². The number of alkyl halides is 6. The van der Waals surface area contributed by atoms with Crippen molar-refractivity contribution in [3.8, 4) is 0 Å². The minimum absolute atomic E-state index is 0.447. The van der Waals surface area contributed by atoms with Crippen molar-refractivity contribution in [1.82, 2.24) is 9.99 Å². The first-order chi connectivity index (χ1) is 9.97. The third-order valence-corrected chi connectivity index (χ3v) is 2.87. The van der Waals surface area contributed by atoms with Crippen LogP contribution in [0.2, 0.25) is 0 Å². The second kappa shape index (κ2) is 4.93. The summed E-state index contributed by atoms with van der Waals surface area (Å²) in [4.78, 5) is 15.4. The van der Waals surface area contributed by atoms with Crippen LogP contribution in [0, 0.1) is 0 Å². The van der Waals surface area contributed by atoms with Crippen molar-refractivity contribution < 1.29 is 36.2 Å². The van der Waals surface area contributed by atoms with Crippen LogP contribution < -0.4 is 0 Å². The minimum atomic E-state index is -5.53. The van der Waals surface area contributed by atoms with Gasteiger partial charge in [-0.3, -0.25) is 9.78 Å². The lowest BCUT2D eigenvalue weighted by molar-refractivity contribution is -0.297. The summed E-state index contributed by atoms with van der Waals surface area (Å²) in [5.74, 6) is -1.55. The van der Waals surface area contributed by atoms with Crippen LogP contribution in [0.15, 0.2) is 29.6 Å². The Kier molecular flexibility index (Phi) is 3.63. The van der Waals surface area contributed by atoms with Gasteiger partial charge in [-0.05, 0) is 12.1 Å². The molecule has 5 nitrogen and oxygen atoms in total. The second-order valence-electron chi connectivity index (χ2n) is 4.39. The topological polar surface area (TPSA) is 65.8 Å². The van der Waals surface area contributed by atoms with Crippen molar-refractivity contribution in [2.24, 2.45) is 5.10 Å². The summed E-state index contributed by atoms with van der Waals surface area (Å²) >= 11 is 0. The molecule has 0 aliphatic carbocycles. The van der Waals surface area contributed by atoms with Gasteiger partial charge in [0, 0.05) is 12.4 Å². The second-order valence-corrected chi connectivity index (χ2v) is 4.39. The molecule has 0 fully saturated rings. The smallest absolute Gasteiger partial charge is 0.362 e. The number of halogens is 6. The standard InChI is InChI=1S/C11H7F6N3O2/c12-10(13,14)7-4-9(22,11(15,16)17)20(19-7)8(21)6-2-1-3-18-5-6/h1-3,5,22H,4H2/t9-/m1/s1. The van der Waals surface area contributed by atoms with E-state index in [-0.39, 0.29) is 0 Å². The first-order valence-corrected chi connectivity index (χ1v) is 5.65. The summed E-state index contributed by atoms with van der Waals surface area (Å²) in [5.41, 5.74) is -6.41. The van der Waals surface area contributed by atoms with Gasteiger partial charge in [-0.1, -0.05) is 0 Å². The third kappa shape index (κ3) is 2.63. The van der Waals surface area contributed by atoms with E-state index < -0.39 is 46.7 Å². The summed E-state index contributed by atoms with van der Waals surface area (Å²) in [6.45, 7) is 0. The molecule has 1 aromatic rings. The molecule has 0 aromatic carbocycles. The normalized spacial score (nSPS) is 22.7. The Morgan fingerprint density at radius 2 is 1.91 bits per heavy atom. The van der Waals surface area contributed by atoms with E-state index in [9.17, 15) is 36.2 Å². The van der Waals surface area contributed by atoms with Crippen LogP contribution in [0.4, 0.5) is 26.3 Å². The van der Waals surface area contributed by atoms with E-state index in [2.05, 4.69) is 10.1 Å². The molecule has 120 valence electrons. The first kappa shape index (κ1) is 16.2. The van der Waals surface area contributed by atoms with E-state index in [4.69, 9.17) is 0 Å². The summed E-state index contributed by atoms with van der Waals surface area (Å²) in [7, 11) is 0. The highest BCUT2D eigenvalue weighted by Gasteiger charge is 2.66.